The number of carbonyl (C=O) groups excluding carboxylic acids is 1. The second kappa shape index (κ2) is 6.38. The molecule has 2 N–H and O–H groups in total. The molecule has 1 saturated heterocycles. The Morgan fingerprint density at radius 3 is 2.56 bits per heavy atom. The Kier molecular flexibility index (Phi) is 5.41. The molecule has 0 aromatic heterocycles. The van der Waals surface area contributed by atoms with Crippen LogP contribution in [-0.4, -0.2) is 43.5 Å². The van der Waals surface area contributed by atoms with E-state index in [1.165, 1.54) is 0 Å². The fraction of sp³-hybridized carbons (Fsp3) is 0.923. The summed E-state index contributed by atoms with van der Waals surface area (Å²) in [5, 5.41) is 6.27. The monoisotopic (exact) mass is 258 g/mol. The van der Waals surface area contributed by atoms with Crippen LogP contribution >= 0.6 is 0 Å². The minimum absolute atomic E-state index is 0.112. The van der Waals surface area contributed by atoms with Gasteiger partial charge in [0.15, 0.2) is 0 Å². The zero-order valence-corrected chi connectivity index (χ0v) is 12.1. The van der Waals surface area contributed by atoms with E-state index in [-0.39, 0.29) is 12.1 Å². The number of amides is 1. The number of alkyl carbamates (subject to hydrolysis) is 1. The molecule has 1 aliphatic heterocycles. The van der Waals surface area contributed by atoms with E-state index in [1.807, 2.05) is 27.7 Å². The van der Waals surface area contributed by atoms with Crippen molar-refractivity contribution in [1.29, 1.82) is 0 Å². The lowest BCUT2D eigenvalue weighted by Crippen LogP contribution is -2.56. The molecule has 0 aliphatic carbocycles. The van der Waals surface area contributed by atoms with Gasteiger partial charge in [-0.1, -0.05) is 0 Å². The third-order valence-electron chi connectivity index (χ3n) is 2.81. The summed E-state index contributed by atoms with van der Waals surface area (Å²) < 4.78 is 10.3. The van der Waals surface area contributed by atoms with Crippen molar-refractivity contribution in [1.82, 2.24) is 10.6 Å². The number of hydrogen-bond acceptors (Lipinski definition) is 4. The summed E-state index contributed by atoms with van der Waals surface area (Å²) in [4.78, 5) is 11.6. The number of rotatable bonds is 5. The van der Waals surface area contributed by atoms with E-state index in [4.69, 9.17) is 9.47 Å². The lowest BCUT2D eigenvalue weighted by molar-refractivity contribution is 0.0493. The van der Waals surface area contributed by atoms with Gasteiger partial charge < -0.3 is 20.1 Å². The number of methoxy groups -OCH3 is 1. The van der Waals surface area contributed by atoms with Crippen LogP contribution < -0.4 is 10.6 Å². The normalized spacial score (nSPS) is 25.2. The van der Waals surface area contributed by atoms with Gasteiger partial charge in [-0.25, -0.2) is 4.79 Å². The predicted octanol–water partition coefficient (Wildman–Crippen LogP) is 1.67. The van der Waals surface area contributed by atoms with Crippen LogP contribution in [0.4, 0.5) is 4.79 Å². The first-order valence-electron chi connectivity index (χ1n) is 6.54. The minimum atomic E-state index is -0.442. The lowest BCUT2D eigenvalue weighted by Gasteiger charge is -2.38. The summed E-state index contributed by atoms with van der Waals surface area (Å²) in [5.74, 6) is 0. The Balaban J connectivity index is 2.15. The van der Waals surface area contributed by atoms with Gasteiger partial charge in [-0.05, 0) is 40.5 Å². The highest BCUT2D eigenvalue weighted by Crippen LogP contribution is 2.17. The fourth-order valence-corrected chi connectivity index (χ4v) is 2.13. The van der Waals surface area contributed by atoms with Crippen LogP contribution in [0.25, 0.3) is 0 Å². The van der Waals surface area contributed by atoms with Gasteiger partial charge >= 0.3 is 6.09 Å². The zero-order valence-electron chi connectivity index (χ0n) is 12.1. The Morgan fingerprint density at radius 1 is 1.44 bits per heavy atom. The van der Waals surface area contributed by atoms with Gasteiger partial charge in [-0.15, -0.1) is 0 Å². The standard InChI is InChI=1S/C13H26N2O3/c1-9(14-12(16)18-13(2,3)4)6-10-7-11(15-10)8-17-5/h9-11,15H,6-8H2,1-5H3,(H,14,16)/t9-,10-,11+/m1/s1. The first-order chi connectivity index (χ1) is 8.30. The lowest BCUT2D eigenvalue weighted by atomic mass is 9.92. The molecule has 1 rings (SSSR count). The number of ether oxygens (including phenoxy) is 2. The number of carbonyl (C=O) groups is 1. The van der Waals surface area contributed by atoms with Crippen LogP contribution in [0.2, 0.25) is 0 Å². The average molecular weight is 258 g/mol. The Hall–Kier alpha value is -0.810. The minimum Gasteiger partial charge on any atom is -0.444 e. The summed E-state index contributed by atoms with van der Waals surface area (Å²) in [6.45, 7) is 8.33. The molecule has 5 heteroatoms. The third-order valence-corrected chi connectivity index (χ3v) is 2.81. The summed E-state index contributed by atoms with van der Waals surface area (Å²) in [5.41, 5.74) is -0.442. The highest BCUT2D eigenvalue weighted by atomic mass is 16.6. The van der Waals surface area contributed by atoms with Crippen molar-refractivity contribution < 1.29 is 14.3 Å². The molecule has 0 saturated carbocycles. The van der Waals surface area contributed by atoms with Crippen molar-refractivity contribution in [2.24, 2.45) is 0 Å². The van der Waals surface area contributed by atoms with Gasteiger partial charge in [0.2, 0.25) is 0 Å². The molecular weight excluding hydrogens is 232 g/mol. The maximum absolute atomic E-state index is 11.6. The second-order valence-corrected chi connectivity index (χ2v) is 6.03. The topological polar surface area (TPSA) is 59.6 Å². The molecule has 0 radical (unpaired) electrons. The molecule has 106 valence electrons. The van der Waals surface area contributed by atoms with E-state index in [0.29, 0.717) is 12.1 Å². The molecule has 1 heterocycles. The van der Waals surface area contributed by atoms with Crippen LogP contribution in [-0.2, 0) is 9.47 Å². The van der Waals surface area contributed by atoms with E-state index >= 15 is 0 Å². The molecular formula is C13H26N2O3. The van der Waals surface area contributed by atoms with Gasteiger partial charge in [0.1, 0.15) is 5.60 Å². The maximum atomic E-state index is 11.6. The van der Waals surface area contributed by atoms with Crippen LogP contribution in [0, 0.1) is 0 Å². The van der Waals surface area contributed by atoms with Crippen LogP contribution in [0.15, 0.2) is 0 Å². The first-order valence-corrected chi connectivity index (χ1v) is 6.54. The van der Waals surface area contributed by atoms with Crippen LogP contribution in [0.5, 0.6) is 0 Å². The summed E-state index contributed by atoms with van der Waals surface area (Å²) in [7, 11) is 1.71. The number of hydrogen-bond donors (Lipinski definition) is 2. The molecule has 0 spiro atoms. The van der Waals surface area contributed by atoms with E-state index in [0.717, 1.165) is 19.4 Å². The van der Waals surface area contributed by atoms with E-state index in [1.54, 1.807) is 7.11 Å². The van der Waals surface area contributed by atoms with E-state index < -0.39 is 5.60 Å². The highest BCUT2D eigenvalue weighted by molar-refractivity contribution is 5.68. The molecule has 18 heavy (non-hydrogen) atoms. The summed E-state index contributed by atoms with van der Waals surface area (Å²) in [6.07, 6.45) is 1.68. The first kappa shape index (κ1) is 15.2. The fourth-order valence-electron chi connectivity index (χ4n) is 2.13. The largest absolute Gasteiger partial charge is 0.444 e. The van der Waals surface area contributed by atoms with Gasteiger partial charge in [0.05, 0.1) is 6.61 Å². The SMILES string of the molecule is COC[C@@H]1C[C@@H](C[C@@H](C)NC(=O)OC(C)(C)C)N1. The molecule has 0 aromatic carbocycles. The van der Waals surface area contributed by atoms with Gasteiger partial charge in [0.25, 0.3) is 0 Å². The predicted molar refractivity (Wildman–Crippen MR) is 70.7 cm³/mol. The van der Waals surface area contributed by atoms with Crippen molar-refractivity contribution >= 4 is 6.09 Å². The Bertz CT molecular complexity index is 270. The molecule has 0 bridgehead atoms. The Labute approximate surface area is 110 Å². The summed E-state index contributed by atoms with van der Waals surface area (Å²) >= 11 is 0. The average Bonchev–Trinajstić information content (AvgIpc) is 2.10. The van der Waals surface area contributed by atoms with Crippen molar-refractivity contribution in [2.75, 3.05) is 13.7 Å². The van der Waals surface area contributed by atoms with Gasteiger partial charge in [0, 0.05) is 25.2 Å². The quantitative estimate of drug-likeness (QED) is 0.787. The van der Waals surface area contributed by atoms with Crippen molar-refractivity contribution in [3.05, 3.63) is 0 Å². The van der Waals surface area contributed by atoms with Crippen molar-refractivity contribution in [3.8, 4) is 0 Å². The second-order valence-electron chi connectivity index (χ2n) is 6.03. The van der Waals surface area contributed by atoms with Crippen LogP contribution in [0.3, 0.4) is 0 Å². The Morgan fingerprint density at radius 2 is 2.06 bits per heavy atom. The molecule has 1 amide bonds. The summed E-state index contributed by atoms with van der Waals surface area (Å²) in [6, 6.07) is 1.05. The molecule has 5 nitrogen and oxygen atoms in total. The highest BCUT2D eigenvalue weighted by Gasteiger charge is 2.29. The van der Waals surface area contributed by atoms with Gasteiger partial charge in [-0.2, -0.15) is 0 Å². The van der Waals surface area contributed by atoms with Crippen molar-refractivity contribution in [2.45, 2.75) is 64.3 Å². The van der Waals surface area contributed by atoms with Gasteiger partial charge in [-0.3, -0.25) is 0 Å². The smallest absolute Gasteiger partial charge is 0.407 e. The number of nitrogens with one attached hydrogen (secondary N) is 2. The van der Waals surface area contributed by atoms with E-state index in [9.17, 15) is 4.79 Å². The molecule has 0 unspecified atom stereocenters. The van der Waals surface area contributed by atoms with E-state index in [2.05, 4.69) is 10.6 Å². The van der Waals surface area contributed by atoms with Crippen molar-refractivity contribution in [3.63, 3.8) is 0 Å². The van der Waals surface area contributed by atoms with Crippen LogP contribution in [0.1, 0.15) is 40.5 Å². The molecule has 1 aliphatic rings. The third kappa shape index (κ3) is 5.69. The maximum Gasteiger partial charge on any atom is 0.407 e. The molecule has 1 fully saturated rings. The molecule has 0 aromatic rings. The molecule has 3 atom stereocenters. The zero-order chi connectivity index (χ0) is 13.8.